The number of hydrogen-bond donors (Lipinski definition) is 1. The fraction of sp³-hybridized carbons (Fsp3) is 0.364. The summed E-state index contributed by atoms with van der Waals surface area (Å²) in [5.74, 6) is 1.89. The molecule has 0 aliphatic carbocycles. The summed E-state index contributed by atoms with van der Waals surface area (Å²) in [6.45, 7) is 6.30. The molecule has 1 N–H and O–H groups in total. The van der Waals surface area contributed by atoms with E-state index in [1.54, 1.807) is 4.90 Å². The molecular formula is C22H26N2O5. The third-order valence-corrected chi connectivity index (χ3v) is 4.39. The van der Waals surface area contributed by atoms with Crippen molar-refractivity contribution in [2.45, 2.75) is 39.8 Å². The molecule has 0 atom stereocenters. The largest absolute Gasteiger partial charge is 0.491 e. The lowest BCUT2D eigenvalue weighted by Gasteiger charge is -2.21. The van der Waals surface area contributed by atoms with Gasteiger partial charge in [-0.05, 0) is 55.8 Å². The van der Waals surface area contributed by atoms with Crippen LogP contribution < -0.4 is 24.4 Å². The Morgan fingerprint density at radius 2 is 1.83 bits per heavy atom. The molecule has 2 amide bonds. The summed E-state index contributed by atoms with van der Waals surface area (Å²) in [6, 6.07) is 12.9. The first kappa shape index (κ1) is 20.5. The summed E-state index contributed by atoms with van der Waals surface area (Å²) < 4.78 is 16.2. The molecule has 1 aliphatic heterocycles. The van der Waals surface area contributed by atoms with E-state index in [1.807, 2.05) is 56.3 Å². The van der Waals surface area contributed by atoms with Gasteiger partial charge in [-0.2, -0.15) is 0 Å². The van der Waals surface area contributed by atoms with Gasteiger partial charge in [-0.1, -0.05) is 6.07 Å². The zero-order valence-corrected chi connectivity index (χ0v) is 16.9. The van der Waals surface area contributed by atoms with Crippen molar-refractivity contribution < 1.29 is 23.8 Å². The van der Waals surface area contributed by atoms with Crippen LogP contribution in [0, 0.1) is 0 Å². The van der Waals surface area contributed by atoms with Gasteiger partial charge in [0.05, 0.1) is 6.10 Å². The number of carbonyl (C=O) groups is 2. The number of hydrogen-bond acceptors (Lipinski definition) is 5. The normalized spacial score (nSPS) is 12.0. The van der Waals surface area contributed by atoms with Crippen LogP contribution in [0.1, 0.15) is 32.8 Å². The number of nitrogens with one attached hydrogen (secondary N) is 1. The van der Waals surface area contributed by atoms with Gasteiger partial charge in [-0.15, -0.1) is 0 Å². The number of rotatable bonds is 8. The van der Waals surface area contributed by atoms with Crippen molar-refractivity contribution in [3.63, 3.8) is 0 Å². The molecule has 0 aromatic heterocycles. The summed E-state index contributed by atoms with van der Waals surface area (Å²) in [7, 11) is 0. The van der Waals surface area contributed by atoms with E-state index >= 15 is 0 Å². The van der Waals surface area contributed by atoms with Gasteiger partial charge >= 0.3 is 0 Å². The summed E-state index contributed by atoms with van der Waals surface area (Å²) >= 11 is 0. The minimum atomic E-state index is -0.131. The van der Waals surface area contributed by atoms with Crippen molar-refractivity contribution >= 4 is 17.5 Å². The molecular weight excluding hydrogens is 372 g/mol. The number of amides is 2. The zero-order chi connectivity index (χ0) is 20.8. The first-order valence-electron chi connectivity index (χ1n) is 9.62. The number of benzene rings is 2. The van der Waals surface area contributed by atoms with Gasteiger partial charge in [-0.3, -0.25) is 9.59 Å². The predicted molar refractivity (Wildman–Crippen MR) is 109 cm³/mol. The fourth-order valence-electron chi connectivity index (χ4n) is 3.00. The lowest BCUT2D eigenvalue weighted by Crippen LogP contribution is -2.33. The second-order valence-corrected chi connectivity index (χ2v) is 7.05. The number of carbonyl (C=O) groups excluding carboxylic acids is 2. The van der Waals surface area contributed by atoms with Crippen LogP contribution in [0.25, 0.3) is 0 Å². The average Bonchev–Trinajstić information content (AvgIpc) is 3.15. The molecule has 0 radical (unpaired) electrons. The highest BCUT2D eigenvalue weighted by molar-refractivity contribution is 5.92. The van der Waals surface area contributed by atoms with Gasteiger partial charge in [0.1, 0.15) is 5.75 Å². The van der Waals surface area contributed by atoms with Crippen molar-refractivity contribution in [3.05, 3.63) is 48.0 Å². The highest BCUT2D eigenvalue weighted by atomic mass is 16.7. The molecule has 0 saturated carbocycles. The molecule has 0 spiro atoms. The van der Waals surface area contributed by atoms with Crippen LogP contribution in [-0.4, -0.2) is 31.3 Å². The van der Waals surface area contributed by atoms with Gasteiger partial charge in [-0.25, -0.2) is 0 Å². The van der Waals surface area contributed by atoms with Crippen molar-refractivity contribution in [2.24, 2.45) is 0 Å². The van der Waals surface area contributed by atoms with E-state index in [0.29, 0.717) is 24.6 Å². The zero-order valence-electron chi connectivity index (χ0n) is 16.9. The first-order valence-corrected chi connectivity index (χ1v) is 9.62. The second-order valence-electron chi connectivity index (χ2n) is 7.05. The molecule has 0 saturated heterocycles. The molecule has 0 fully saturated rings. The molecule has 2 aromatic carbocycles. The number of fused-ring (bicyclic) bond motifs is 1. The lowest BCUT2D eigenvalue weighted by atomic mass is 10.2. The van der Waals surface area contributed by atoms with E-state index < -0.39 is 0 Å². The highest BCUT2D eigenvalue weighted by Gasteiger charge is 2.15. The van der Waals surface area contributed by atoms with E-state index in [1.165, 1.54) is 6.92 Å². The third-order valence-electron chi connectivity index (χ3n) is 4.39. The molecule has 29 heavy (non-hydrogen) atoms. The number of ether oxygens (including phenoxy) is 3. The fourth-order valence-corrected chi connectivity index (χ4v) is 3.00. The monoisotopic (exact) mass is 398 g/mol. The summed E-state index contributed by atoms with van der Waals surface area (Å²) in [5.41, 5.74) is 1.66. The maximum absolute atomic E-state index is 12.3. The number of anilines is 1. The SMILES string of the molecule is CC(=O)N(CCC(=O)NCc1ccc2c(c1)OCO2)c1ccc(OC(C)C)cc1. The Bertz CT molecular complexity index is 864. The third kappa shape index (κ3) is 5.63. The van der Waals surface area contributed by atoms with E-state index in [-0.39, 0.29) is 31.1 Å². The lowest BCUT2D eigenvalue weighted by molar-refractivity contribution is -0.121. The quantitative estimate of drug-likeness (QED) is 0.739. The minimum Gasteiger partial charge on any atom is -0.491 e. The average molecular weight is 398 g/mol. The van der Waals surface area contributed by atoms with Crippen molar-refractivity contribution in [1.82, 2.24) is 5.32 Å². The van der Waals surface area contributed by atoms with Crippen LogP contribution >= 0.6 is 0 Å². The van der Waals surface area contributed by atoms with Gasteiger partial charge in [0.25, 0.3) is 0 Å². The summed E-state index contributed by atoms with van der Waals surface area (Å²) in [5, 5.41) is 2.87. The highest BCUT2D eigenvalue weighted by Crippen LogP contribution is 2.32. The van der Waals surface area contributed by atoms with Crippen LogP contribution in [0.3, 0.4) is 0 Å². The van der Waals surface area contributed by atoms with Gasteiger partial charge < -0.3 is 24.4 Å². The van der Waals surface area contributed by atoms with Crippen molar-refractivity contribution in [1.29, 1.82) is 0 Å². The van der Waals surface area contributed by atoms with Crippen molar-refractivity contribution in [3.8, 4) is 17.2 Å². The van der Waals surface area contributed by atoms with Gasteiger partial charge in [0.2, 0.25) is 18.6 Å². The Kier molecular flexibility index (Phi) is 6.59. The Labute approximate surface area is 170 Å². The van der Waals surface area contributed by atoms with E-state index in [9.17, 15) is 9.59 Å². The molecule has 154 valence electrons. The second kappa shape index (κ2) is 9.32. The Morgan fingerprint density at radius 3 is 2.52 bits per heavy atom. The maximum atomic E-state index is 12.3. The minimum absolute atomic E-state index is 0.0817. The van der Waals surface area contributed by atoms with Crippen LogP contribution in [0.2, 0.25) is 0 Å². The van der Waals surface area contributed by atoms with Crippen molar-refractivity contribution in [2.75, 3.05) is 18.2 Å². The molecule has 7 nitrogen and oxygen atoms in total. The van der Waals surface area contributed by atoms with E-state index in [0.717, 1.165) is 17.0 Å². The van der Waals surface area contributed by atoms with Crippen LogP contribution in [-0.2, 0) is 16.1 Å². The Balaban J connectivity index is 1.52. The molecule has 7 heteroatoms. The molecule has 1 aliphatic rings. The molecule has 0 unspecified atom stereocenters. The molecule has 2 aromatic rings. The van der Waals surface area contributed by atoms with Crippen LogP contribution in [0.5, 0.6) is 17.2 Å². The van der Waals surface area contributed by atoms with Crippen LogP contribution in [0.4, 0.5) is 5.69 Å². The molecule has 3 rings (SSSR count). The van der Waals surface area contributed by atoms with Crippen LogP contribution in [0.15, 0.2) is 42.5 Å². The molecule has 0 bridgehead atoms. The van der Waals surface area contributed by atoms with Gasteiger partial charge in [0, 0.05) is 32.1 Å². The predicted octanol–water partition coefficient (Wildman–Crippen LogP) is 3.26. The summed E-state index contributed by atoms with van der Waals surface area (Å²) in [4.78, 5) is 25.9. The standard InChI is InChI=1S/C22H26N2O5/c1-15(2)29-19-7-5-18(6-8-19)24(16(3)25)11-10-22(26)23-13-17-4-9-20-21(12-17)28-14-27-20/h4-9,12,15H,10-11,13-14H2,1-3H3,(H,23,26). The maximum Gasteiger partial charge on any atom is 0.231 e. The van der Waals surface area contributed by atoms with E-state index in [2.05, 4.69) is 5.32 Å². The first-order chi connectivity index (χ1) is 13.9. The summed E-state index contributed by atoms with van der Waals surface area (Å²) in [6.07, 6.45) is 0.284. The van der Waals surface area contributed by atoms with E-state index in [4.69, 9.17) is 14.2 Å². The Morgan fingerprint density at radius 1 is 1.10 bits per heavy atom. The number of nitrogens with zero attached hydrogens (tertiary/aromatic N) is 1. The van der Waals surface area contributed by atoms with Gasteiger partial charge in [0.15, 0.2) is 11.5 Å². The topological polar surface area (TPSA) is 77.1 Å². The Hall–Kier alpha value is -3.22. The smallest absolute Gasteiger partial charge is 0.231 e. The molecule has 1 heterocycles.